The molecule has 0 radical (unpaired) electrons. The molecule has 0 aromatic carbocycles. The third-order valence-electron chi connectivity index (χ3n) is 6.83. The van der Waals surface area contributed by atoms with Crippen molar-refractivity contribution in [3.05, 3.63) is 11.1 Å². The summed E-state index contributed by atoms with van der Waals surface area (Å²) in [5.41, 5.74) is 3.64. The highest BCUT2D eigenvalue weighted by atomic mass is 16.5. The van der Waals surface area contributed by atoms with Crippen LogP contribution in [0.25, 0.3) is 0 Å². The Labute approximate surface area is 165 Å². The molecular weight excluding hydrogens is 338 g/mol. The van der Waals surface area contributed by atoms with E-state index in [9.17, 15) is 4.79 Å². The molecule has 1 aliphatic carbocycles. The van der Waals surface area contributed by atoms with Crippen molar-refractivity contribution in [1.82, 2.24) is 14.7 Å². The van der Waals surface area contributed by atoms with Crippen molar-refractivity contribution >= 4 is 5.91 Å². The number of carbonyl (C=O) groups is 1. The van der Waals surface area contributed by atoms with Crippen molar-refractivity contribution in [3.63, 3.8) is 0 Å². The van der Waals surface area contributed by atoms with Gasteiger partial charge in [-0.15, -0.1) is 0 Å². The smallest absolute Gasteiger partial charge is 0.223 e. The molecule has 5 nitrogen and oxygen atoms in total. The van der Waals surface area contributed by atoms with E-state index in [0.717, 1.165) is 65.6 Å². The largest absolute Gasteiger partial charge is 0.379 e. The van der Waals surface area contributed by atoms with Crippen LogP contribution in [0.2, 0.25) is 0 Å². The molecular formula is C22H39N3O2. The molecule has 0 aromatic rings. The highest BCUT2D eigenvalue weighted by Crippen LogP contribution is 2.41. The second kappa shape index (κ2) is 9.53. The number of nitrogens with zero attached hydrogens (tertiary/aromatic N) is 3. The first kappa shape index (κ1) is 20.8. The average molecular weight is 378 g/mol. The molecule has 0 aromatic heterocycles. The standard InChI is InChI=1S/C22H39N3O2/c1-19-5-4-8-22(2,3)20(19)6-9-23-10-7-21(26)25(13-11-23)14-12-24-15-17-27-18-16-24/h4-18H2,1-3H3. The van der Waals surface area contributed by atoms with Crippen LogP contribution >= 0.6 is 0 Å². The van der Waals surface area contributed by atoms with Crippen molar-refractivity contribution in [1.29, 1.82) is 0 Å². The van der Waals surface area contributed by atoms with Gasteiger partial charge in [0.1, 0.15) is 0 Å². The zero-order valence-electron chi connectivity index (χ0n) is 17.8. The summed E-state index contributed by atoms with van der Waals surface area (Å²) in [6, 6.07) is 0. The van der Waals surface area contributed by atoms with Gasteiger partial charge in [-0.1, -0.05) is 25.0 Å². The maximum atomic E-state index is 12.5. The Morgan fingerprint density at radius 1 is 0.926 bits per heavy atom. The lowest BCUT2D eigenvalue weighted by molar-refractivity contribution is -0.130. The van der Waals surface area contributed by atoms with Gasteiger partial charge in [-0.05, 0) is 38.0 Å². The highest BCUT2D eigenvalue weighted by molar-refractivity contribution is 5.76. The van der Waals surface area contributed by atoms with E-state index >= 15 is 0 Å². The number of hydrogen-bond acceptors (Lipinski definition) is 4. The average Bonchev–Trinajstić information content (AvgIpc) is 2.82. The Kier molecular flexibility index (Phi) is 7.35. The van der Waals surface area contributed by atoms with Gasteiger partial charge < -0.3 is 14.5 Å². The Morgan fingerprint density at radius 2 is 1.67 bits per heavy atom. The van der Waals surface area contributed by atoms with Crippen LogP contribution in [0.1, 0.15) is 52.9 Å². The quantitative estimate of drug-likeness (QED) is 0.667. The van der Waals surface area contributed by atoms with Gasteiger partial charge in [-0.3, -0.25) is 9.69 Å². The van der Waals surface area contributed by atoms with E-state index in [2.05, 4.69) is 35.5 Å². The summed E-state index contributed by atoms with van der Waals surface area (Å²) >= 11 is 0. The first-order valence-corrected chi connectivity index (χ1v) is 10.9. The molecule has 2 aliphatic heterocycles. The predicted octanol–water partition coefficient (Wildman–Crippen LogP) is 2.77. The molecule has 27 heavy (non-hydrogen) atoms. The molecule has 154 valence electrons. The summed E-state index contributed by atoms with van der Waals surface area (Å²) in [6.45, 7) is 16.5. The SMILES string of the molecule is CC1=C(CCN2CCC(=O)N(CCN3CCOCC3)CC2)C(C)(C)CCC1. The van der Waals surface area contributed by atoms with Crippen LogP contribution in [0.15, 0.2) is 11.1 Å². The van der Waals surface area contributed by atoms with E-state index in [-0.39, 0.29) is 0 Å². The predicted molar refractivity (Wildman–Crippen MR) is 110 cm³/mol. The summed E-state index contributed by atoms with van der Waals surface area (Å²) in [6.07, 6.45) is 5.75. The number of hydrogen-bond donors (Lipinski definition) is 0. The van der Waals surface area contributed by atoms with Crippen LogP contribution in [0.5, 0.6) is 0 Å². The van der Waals surface area contributed by atoms with Crippen LogP contribution in [0.3, 0.4) is 0 Å². The minimum absolute atomic E-state index is 0.333. The van der Waals surface area contributed by atoms with E-state index in [1.807, 2.05) is 0 Å². The van der Waals surface area contributed by atoms with E-state index in [4.69, 9.17) is 4.74 Å². The molecule has 5 heteroatoms. The lowest BCUT2D eigenvalue weighted by Crippen LogP contribution is -2.43. The molecule has 0 bridgehead atoms. The minimum Gasteiger partial charge on any atom is -0.379 e. The molecule has 0 spiro atoms. The van der Waals surface area contributed by atoms with Gasteiger partial charge in [0.15, 0.2) is 0 Å². The van der Waals surface area contributed by atoms with Crippen molar-refractivity contribution in [2.45, 2.75) is 52.9 Å². The number of carbonyl (C=O) groups excluding carboxylic acids is 1. The molecule has 3 aliphatic rings. The number of morpholine rings is 1. The molecule has 2 heterocycles. The zero-order valence-corrected chi connectivity index (χ0v) is 17.8. The van der Waals surface area contributed by atoms with Crippen LogP contribution in [-0.2, 0) is 9.53 Å². The molecule has 1 amide bonds. The lowest BCUT2D eigenvalue weighted by Gasteiger charge is -2.35. The van der Waals surface area contributed by atoms with Gasteiger partial charge in [-0.2, -0.15) is 0 Å². The summed E-state index contributed by atoms with van der Waals surface area (Å²) in [7, 11) is 0. The maximum absolute atomic E-state index is 12.5. The summed E-state index contributed by atoms with van der Waals surface area (Å²) in [5.74, 6) is 0.333. The monoisotopic (exact) mass is 377 g/mol. The minimum atomic E-state index is 0.333. The fourth-order valence-electron chi connectivity index (χ4n) is 4.95. The Hall–Kier alpha value is -0.910. The summed E-state index contributed by atoms with van der Waals surface area (Å²) < 4.78 is 5.41. The molecule has 2 saturated heterocycles. The summed E-state index contributed by atoms with van der Waals surface area (Å²) in [4.78, 5) is 19.6. The Morgan fingerprint density at radius 3 is 2.41 bits per heavy atom. The van der Waals surface area contributed by atoms with Crippen molar-refractivity contribution in [3.8, 4) is 0 Å². The fraction of sp³-hybridized carbons (Fsp3) is 0.864. The number of rotatable bonds is 6. The second-order valence-corrected chi connectivity index (χ2v) is 9.17. The fourth-order valence-corrected chi connectivity index (χ4v) is 4.95. The number of amides is 1. The zero-order chi connectivity index (χ0) is 19.3. The topological polar surface area (TPSA) is 36.0 Å². The third kappa shape index (κ3) is 5.78. The second-order valence-electron chi connectivity index (χ2n) is 9.17. The van der Waals surface area contributed by atoms with Gasteiger partial charge in [0.2, 0.25) is 5.91 Å². The van der Waals surface area contributed by atoms with Gasteiger partial charge in [0.05, 0.1) is 13.2 Å². The van der Waals surface area contributed by atoms with Gasteiger partial charge in [-0.25, -0.2) is 0 Å². The van der Waals surface area contributed by atoms with Crippen LogP contribution in [0, 0.1) is 5.41 Å². The van der Waals surface area contributed by atoms with E-state index in [0.29, 0.717) is 17.7 Å². The van der Waals surface area contributed by atoms with Gasteiger partial charge >= 0.3 is 0 Å². The molecule has 2 fully saturated rings. The van der Waals surface area contributed by atoms with E-state index in [1.54, 1.807) is 11.1 Å². The molecule has 0 N–H and O–H groups in total. The van der Waals surface area contributed by atoms with Crippen molar-refractivity contribution < 1.29 is 9.53 Å². The molecule has 3 rings (SSSR count). The maximum Gasteiger partial charge on any atom is 0.223 e. The molecule has 0 saturated carbocycles. The normalized spacial score (nSPS) is 25.7. The van der Waals surface area contributed by atoms with Crippen LogP contribution < -0.4 is 0 Å². The van der Waals surface area contributed by atoms with Crippen LogP contribution in [0.4, 0.5) is 0 Å². The van der Waals surface area contributed by atoms with Gasteiger partial charge in [0, 0.05) is 58.8 Å². The third-order valence-corrected chi connectivity index (χ3v) is 6.83. The van der Waals surface area contributed by atoms with E-state index in [1.165, 1.54) is 25.7 Å². The first-order chi connectivity index (χ1) is 13.0. The van der Waals surface area contributed by atoms with Gasteiger partial charge in [0.25, 0.3) is 0 Å². The van der Waals surface area contributed by atoms with E-state index < -0.39 is 0 Å². The number of ether oxygens (including phenoxy) is 1. The van der Waals surface area contributed by atoms with Crippen LogP contribution in [-0.4, -0.2) is 86.2 Å². The lowest BCUT2D eigenvalue weighted by atomic mass is 9.71. The highest BCUT2D eigenvalue weighted by Gasteiger charge is 2.29. The summed E-state index contributed by atoms with van der Waals surface area (Å²) in [5, 5.41) is 0. The molecule has 0 atom stereocenters. The Bertz CT molecular complexity index is 538. The van der Waals surface area contributed by atoms with Crippen molar-refractivity contribution in [2.75, 3.05) is 65.6 Å². The first-order valence-electron chi connectivity index (χ1n) is 10.9. The molecule has 0 unspecified atom stereocenters. The Balaban J connectivity index is 1.46. The number of allylic oxidation sites excluding steroid dienone is 1. The van der Waals surface area contributed by atoms with Crippen molar-refractivity contribution in [2.24, 2.45) is 5.41 Å².